The standard InChI is InChI=1S/C8H6ClNO/c9-4-7-3-6(5-10)1-2-8(7)11/h1-3,11H,4H2. The summed E-state index contributed by atoms with van der Waals surface area (Å²) < 4.78 is 0. The minimum Gasteiger partial charge on any atom is -0.508 e. The Balaban J connectivity index is 3.15. The molecule has 0 amide bonds. The van der Waals surface area contributed by atoms with E-state index in [0.29, 0.717) is 11.1 Å². The number of hydrogen-bond donors (Lipinski definition) is 1. The van der Waals surface area contributed by atoms with Crippen LogP contribution in [-0.4, -0.2) is 5.11 Å². The second kappa shape index (κ2) is 3.27. The van der Waals surface area contributed by atoms with Gasteiger partial charge in [-0.05, 0) is 18.2 Å². The molecule has 1 aromatic carbocycles. The topological polar surface area (TPSA) is 44.0 Å². The van der Waals surface area contributed by atoms with Gasteiger partial charge in [0.1, 0.15) is 5.75 Å². The zero-order chi connectivity index (χ0) is 8.27. The van der Waals surface area contributed by atoms with Crippen molar-refractivity contribution in [1.29, 1.82) is 5.26 Å². The fraction of sp³-hybridized carbons (Fsp3) is 0.125. The van der Waals surface area contributed by atoms with Gasteiger partial charge in [-0.2, -0.15) is 5.26 Å². The van der Waals surface area contributed by atoms with Crippen molar-refractivity contribution >= 4 is 11.6 Å². The van der Waals surface area contributed by atoms with Crippen molar-refractivity contribution < 1.29 is 5.11 Å². The van der Waals surface area contributed by atoms with Crippen molar-refractivity contribution in [3.63, 3.8) is 0 Å². The summed E-state index contributed by atoms with van der Waals surface area (Å²) >= 11 is 5.49. The van der Waals surface area contributed by atoms with Crippen molar-refractivity contribution in [2.24, 2.45) is 0 Å². The van der Waals surface area contributed by atoms with E-state index in [9.17, 15) is 0 Å². The average Bonchev–Trinajstić information content (AvgIpc) is 2.05. The van der Waals surface area contributed by atoms with Gasteiger partial charge in [0, 0.05) is 5.56 Å². The lowest BCUT2D eigenvalue weighted by Crippen LogP contribution is -1.81. The van der Waals surface area contributed by atoms with Crippen LogP contribution in [0.2, 0.25) is 0 Å². The van der Waals surface area contributed by atoms with Gasteiger partial charge in [-0.15, -0.1) is 11.6 Å². The molecule has 0 aliphatic carbocycles. The molecular formula is C8H6ClNO. The smallest absolute Gasteiger partial charge is 0.120 e. The van der Waals surface area contributed by atoms with E-state index in [4.69, 9.17) is 22.0 Å². The maximum Gasteiger partial charge on any atom is 0.120 e. The minimum absolute atomic E-state index is 0.138. The molecule has 0 heterocycles. The van der Waals surface area contributed by atoms with Gasteiger partial charge >= 0.3 is 0 Å². The fourth-order valence-corrected chi connectivity index (χ4v) is 0.976. The number of nitrogens with zero attached hydrogens (tertiary/aromatic N) is 1. The lowest BCUT2D eigenvalue weighted by atomic mass is 10.1. The van der Waals surface area contributed by atoms with Gasteiger partial charge in [-0.25, -0.2) is 0 Å². The zero-order valence-corrected chi connectivity index (χ0v) is 6.47. The zero-order valence-electron chi connectivity index (χ0n) is 5.71. The summed E-state index contributed by atoms with van der Waals surface area (Å²) in [4.78, 5) is 0. The van der Waals surface area contributed by atoms with Gasteiger partial charge in [0.25, 0.3) is 0 Å². The van der Waals surface area contributed by atoms with Crippen molar-refractivity contribution in [3.8, 4) is 11.8 Å². The number of phenolic OH excluding ortho intramolecular Hbond substituents is 1. The SMILES string of the molecule is N#Cc1ccc(O)c(CCl)c1. The highest BCUT2D eigenvalue weighted by atomic mass is 35.5. The van der Waals surface area contributed by atoms with Crippen LogP contribution in [0, 0.1) is 11.3 Å². The Bertz CT molecular complexity index is 303. The lowest BCUT2D eigenvalue weighted by molar-refractivity contribution is 0.470. The summed E-state index contributed by atoms with van der Waals surface area (Å²) in [6.07, 6.45) is 0. The van der Waals surface area contributed by atoms with Crippen LogP contribution in [0.4, 0.5) is 0 Å². The molecule has 2 nitrogen and oxygen atoms in total. The first-order valence-electron chi connectivity index (χ1n) is 3.06. The molecule has 0 atom stereocenters. The fourth-order valence-electron chi connectivity index (χ4n) is 0.762. The Morgan fingerprint density at radius 2 is 2.27 bits per heavy atom. The molecule has 0 bridgehead atoms. The van der Waals surface area contributed by atoms with E-state index in [1.807, 2.05) is 6.07 Å². The quantitative estimate of drug-likeness (QED) is 0.651. The summed E-state index contributed by atoms with van der Waals surface area (Å²) in [6, 6.07) is 6.55. The van der Waals surface area contributed by atoms with E-state index in [-0.39, 0.29) is 11.6 Å². The highest BCUT2D eigenvalue weighted by Gasteiger charge is 1.99. The normalized spacial score (nSPS) is 9.09. The Hall–Kier alpha value is -1.20. The summed E-state index contributed by atoms with van der Waals surface area (Å²) in [5.41, 5.74) is 1.10. The first-order chi connectivity index (χ1) is 5.27. The number of nitriles is 1. The van der Waals surface area contributed by atoms with Crippen molar-refractivity contribution in [3.05, 3.63) is 29.3 Å². The molecule has 56 valence electrons. The van der Waals surface area contributed by atoms with Gasteiger partial charge in [0.15, 0.2) is 0 Å². The molecule has 1 N–H and O–H groups in total. The molecule has 0 aliphatic rings. The highest BCUT2D eigenvalue weighted by Crippen LogP contribution is 2.19. The molecule has 0 saturated carbocycles. The molecule has 0 spiro atoms. The van der Waals surface area contributed by atoms with E-state index >= 15 is 0 Å². The summed E-state index contributed by atoms with van der Waals surface area (Å²) in [5, 5.41) is 17.6. The van der Waals surface area contributed by atoms with Crippen LogP contribution in [0.5, 0.6) is 5.75 Å². The molecule has 1 rings (SSSR count). The largest absolute Gasteiger partial charge is 0.508 e. The number of hydrogen-bond acceptors (Lipinski definition) is 2. The summed E-state index contributed by atoms with van der Waals surface area (Å²) in [5.74, 6) is 0.362. The molecule has 0 saturated heterocycles. The number of aromatic hydroxyl groups is 1. The van der Waals surface area contributed by atoms with Crippen molar-refractivity contribution in [2.45, 2.75) is 5.88 Å². The van der Waals surface area contributed by atoms with Gasteiger partial charge in [0.05, 0.1) is 17.5 Å². The molecule has 0 aliphatic heterocycles. The second-order valence-corrected chi connectivity index (χ2v) is 2.36. The molecule has 3 heteroatoms. The van der Waals surface area contributed by atoms with Gasteiger partial charge in [-0.3, -0.25) is 0 Å². The van der Waals surface area contributed by atoms with Crippen molar-refractivity contribution in [2.75, 3.05) is 0 Å². The molecule has 0 fully saturated rings. The van der Waals surface area contributed by atoms with Crippen LogP contribution in [0.25, 0.3) is 0 Å². The lowest BCUT2D eigenvalue weighted by Gasteiger charge is -1.98. The van der Waals surface area contributed by atoms with E-state index < -0.39 is 0 Å². The Kier molecular flexibility index (Phi) is 2.35. The van der Waals surface area contributed by atoms with Crippen LogP contribution in [-0.2, 0) is 5.88 Å². The molecular weight excluding hydrogens is 162 g/mol. The summed E-state index contributed by atoms with van der Waals surface area (Å²) in [6.45, 7) is 0. The van der Waals surface area contributed by atoms with Crippen LogP contribution in [0.3, 0.4) is 0 Å². The number of phenols is 1. The predicted octanol–water partition coefficient (Wildman–Crippen LogP) is 2.00. The monoisotopic (exact) mass is 167 g/mol. The highest BCUT2D eigenvalue weighted by molar-refractivity contribution is 6.17. The Morgan fingerprint density at radius 3 is 2.82 bits per heavy atom. The number of rotatable bonds is 1. The minimum atomic E-state index is 0.138. The maximum absolute atomic E-state index is 9.14. The van der Waals surface area contributed by atoms with Crippen LogP contribution in [0.15, 0.2) is 18.2 Å². The average molecular weight is 168 g/mol. The number of halogens is 1. The second-order valence-electron chi connectivity index (χ2n) is 2.09. The van der Waals surface area contributed by atoms with E-state index in [0.717, 1.165) is 0 Å². The van der Waals surface area contributed by atoms with Gasteiger partial charge < -0.3 is 5.11 Å². The third-order valence-electron chi connectivity index (χ3n) is 1.35. The van der Waals surface area contributed by atoms with E-state index in [1.54, 1.807) is 12.1 Å². The van der Waals surface area contributed by atoms with Crippen molar-refractivity contribution in [1.82, 2.24) is 0 Å². The van der Waals surface area contributed by atoms with Gasteiger partial charge in [-0.1, -0.05) is 0 Å². The first kappa shape index (κ1) is 7.90. The predicted molar refractivity (Wildman–Crippen MR) is 42.4 cm³/mol. The third-order valence-corrected chi connectivity index (χ3v) is 1.64. The Morgan fingerprint density at radius 1 is 1.55 bits per heavy atom. The van der Waals surface area contributed by atoms with Gasteiger partial charge in [0.2, 0.25) is 0 Å². The molecule has 0 unspecified atom stereocenters. The number of benzene rings is 1. The molecule has 0 radical (unpaired) electrons. The maximum atomic E-state index is 9.14. The molecule has 1 aromatic rings. The molecule has 11 heavy (non-hydrogen) atoms. The van der Waals surface area contributed by atoms with E-state index in [1.165, 1.54) is 6.07 Å². The van der Waals surface area contributed by atoms with E-state index in [2.05, 4.69) is 0 Å². The summed E-state index contributed by atoms with van der Waals surface area (Å²) in [7, 11) is 0. The van der Waals surface area contributed by atoms with Crippen LogP contribution >= 0.6 is 11.6 Å². The third kappa shape index (κ3) is 1.63. The molecule has 0 aromatic heterocycles. The number of alkyl halides is 1. The van der Waals surface area contributed by atoms with Crippen LogP contribution in [0.1, 0.15) is 11.1 Å². The Labute approximate surface area is 69.7 Å². The first-order valence-corrected chi connectivity index (χ1v) is 3.59. The van der Waals surface area contributed by atoms with Crippen LogP contribution < -0.4 is 0 Å².